The summed E-state index contributed by atoms with van der Waals surface area (Å²) in [5.41, 5.74) is 4.74. The summed E-state index contributed by atoms with van der Waals surface area (Å²) in [5, 5.41) is 1.71. The second-order valence-corrected chi connectivity index (χ2v) is 7.92. The molecule has 0 N–H and O–H groups in total. The number of ether oxygens (including phenoxy) is 1. The molecule has 1 amide bonds. The first-order chi connectivity index (χ1) is 15.1. The van der Waals surface area contributed by atoms with Crippen molar-refractivity contribution in [2.45, 2.75) is 6.54 Å². The lowest BCUT2D eigenvalue weighted by Gasteiger charge is -2.09. The van der Waals surface area contributed by atoms with Gasteiger partial charge in [-0.05, 0) is 30.3 Å². The summed E-state index contributed by atoms with van der Waals surface area (Å²) in [7, 11) is 1.82. The van der Waals surface area contributed by atoms with Gasteiger partial charge in [-0.15, -0.1) is 0 Å². The highest BCUT2D eigenvalue weighted by Gasteiger charge is 2.29. The first-order valence-corrected chi connectivity index (χ1v) is 10.6. The molecule has 5 heteroatoms. The topological polar surface area (TPSA) is 34.5 Å². The van der Waals surface area contributed by atoms with E-state index in [9.17, 15) is 4.79 Å². The number of fused-ring (bicyclic) bond motifs is 2. The van der Waals surface area contributed by atoms with Crippen molar-refractivity contribution in [2.75, 3.05) is 18.6 Å². The minimum Gasteiger partial charge on any atom is -0.490 e. The van der Waals surface area contributed by atoms with Crippen molar-refractivity contribution in [3.8, 4) is 5.75 Å². The van der Waals surface area contributed by atoms with E-state index in [4.69, 9.17) is 16.3 Å². The maximum absolute atomic E-state index is 12.9. The van der Waals surface area contributed by atoms with Gasteiger partial charge in [0.1, 0.15) is 12.4 Å². The van der Waals surface area contributed by atoms with Crippen LogP contribution in [0.4, 0.5) is 5.69 Å². The van der Waals surface area contributed by atoms with Gasteiger partial charge in [0.05, 0.1) is 17.3 Å². The van der Waals surface area contributed by atoms with Crippen molar-refractivity contribution in [1.29, 1.82) is 0 Å². The monoisotopic (exact) mass is 428 g/mol. The third-order valence-corrected chi connectivity index (χ3v) is 5.95. The fourth-order valence-corrected chi connectivity index (χ4v) is 4.28. The van der Waals surface area contributed by atoms with Crippen LogP contribution in [0.25, 0.3) is 22.6 Å². The number of halogens is 1. The van der Waals surface area contributed by atoms with Crippen molar-refractivity contribution in [1.82, 2.24) is 4.57 Å². The zero-order chi connectivity index (χ0) is 21.4. The lowest BCUT2D eigenvalue weighted by Crippen LogP contribution is -2.20. The zero-order valence-corrected chi connectivity index (χ0v) is 17.8. The smallest absolute Gasteiger partial charge is 0.258 e. The second kappa shape index (κ2) is 7.97. The molecule has 5 rings (SSSR count). The quantitative estimate of drug-likeness (QED) is 0.371. The molecule has 0 bridgehead atoms. The molecule has 0 aliphatic carbocycles. The molecule has 2 heterocycles. The van der Waals surface area contributed by atoms with E-state index in [0.717, 1.165) is 27.7 Å². The summed E-state index contributed by atoms with van der Waals surface area (Å²) < 4.78 is 8.04. The predicted molar refractivity (Wildman–Crippen MR) is 127 cm³/mol. The third-order valence-electron chi connectivity index (χ3n) is 5.64. The molecule has 0 atom stereocenters. The Kier molecular flexibility index (Phi) is 5.00. The number of carbonyl (C=O) groups is 1. The Morgan fingerprint density at radius 2 is 1.71 bits per heavy atom. The Balaban J connectivity index is 1.48. The molecular weight excluding hydrogens is 408 g/mol. The zero-order valence-electron chi connectivity index (χ0n) is 17.1. The van der Waals surface area contributed by atoms with E-state index in [1.54, 1.807) is 4.90 Å². The van der Waals surface area contributed by atoms with Gasteiger partial charge < -0.3 is 14.2 Å². The number of rotatable bonds is 5. The fraction of sp³-hybridized carbons (Fsp3) is 0.115. The molecule has 3 aromatic carbocycles. The van der Waals surface area contributed by atoms with Gasteiger partial charge in [0.25, 0.3) is 5.91 Å². The van der Waals surface area contributed by atoms with E-state index in [-0.39, 0.29) is 5.91 Å². The van der Waals surface area contributed by atoms with Crippen molar-refractivity contribution in [2.24, 2.45) is 0 Å². The number of amides is 1. The van der Waals surface area contributed by atoms with Gasteiger partial charge in [-0.3, -0.25) is 4.79 Å². The lowest BCUT2D eigenvalue weighted by molar-refractivity contribution is -0.112. The van der Waals surface area contributed by atoms with Crippen LogP contribution in [0.2, 0.25) is 5.02 Å². The standard InChI is InChI=1S/C26H21ClN2O2/c1-28-23-11-5-3-9-20(23)21(26(28)30)16-18-17-29(24-12-6-2-8-19(18)24)14-15-31-25-13-7-4-10-22(25)27/h2-13,16-17H,14-15H2,1H3/b21-16+. The van der Waals surface area contributed by atoms with Gasteiger partial charge >= 0.3 is 0 Å². The second-order valence-electron chi connectivity index (χ2n) is 7.51. The maximum atomic E-state index is 12.9. The third kappa shape index (κ3) is 3.49. The fourth-order valence-electron chi connectivity index (χ4n) is 4.09. The van der Waals surface area contributed by atoms with Gasteiger partial charge in [0.15, 0.2) is 0 Å². The minimum absolute atomic E-state index is 0.0140. The highest BCUT2D eigenvalue weighted by molar-refractivity contribution is 6.36. The van der Waals surface area contributed by atoms with E-state index in [0.29, 0.717) is 29.5 Å². The van der Waals surface area contributed by atoms with Crippen LogP contribution in [-0.2, 0) is 11.3 Å². The molecule has 154 valence electrons. The number of aromatic nitrogens is 1. The normalized spacial score (nSPS) is 14.5. The first-order valence-electron chi connectivity index (χ1n) is 10.2. The van der Waals surface area contributed by atoms with E-state index in [1.807, 2.05) is 73.8 Å². The van der Waals surface area contributed by atoms with Crippen LogP contribution in [0.1, 0.15) is 11.1 Å². The van der Waals surface area contributed by atoms with Crippen LogP contribution in [-0.4, -0.2) is 24.1 Å². The predicted octanol–water partition coefficient (Wildman–Crippen LogP) is 5.89. The molecule has 4 nitrogen and oxygen atoms in total. The number of hydrogen-bond donors (Lipinski definition) is 0. The van der Waals surface area contributed by atoms with E-state index in [1.165, 1.54) is 0 Å². The number of benzene rings is 3. The number of carbonyl (C=O) groups excluding carboxylic acids is 1. The lowest BCUT2D eigenvalue weighted by atomic mass is 10.0. The summed E-state index contributed by atoms with van der Waals surface area (Å²) >= 11 is 6.19. The summed E-state index contributed by atoms with van der Waals surface area (Å²) in [6, 6.07) is 23.6. The molecule has 1 aliphatic rings. The van der Waals surface area contributed by atoms with Crippen molar-refractivity contribution in [3.05, 3.63) is 95.1 Å². The highest BCUT2D eigenvalue weighted by Crippen LogP contribution is 2.37. The van der Waals surface area contributed by atoms with Crippen LogP contribution in [0.3, 0.4) is 0 Å². The van der Waals surface area contributed by atoms with Gasteiger partial charge in [-0.1, -0.05) is 60.1 Å². The molecule has 0 unspecified atom stereocenters. The minimum atomic E-state index is 0.0140. The molecule has 0 saturated heterocycles. The van der Waals surface area contributed by atoms with Crippen LogP contribution < -0.4 is 9.64 Å². The van der Waals surface area contributed by atoms with Crippen LogP contribution in [0, 0.1) is 0 Å². The van der Waals surface area contributed by atoms with Crippen LogP contribution in [0.15, 0.2) is 79.0 Å². The Morgan fingerprint density at radius 3 is 2.58 bits per heavy atom. The van der Waals surface area contributed by atoms with Crippen molar-refractivity contribution < 1.29 is 9.53 Å². The van der Waals surface area contributed by atoms with Crippen molar-refractivity contribution in [3.63, 3.8) is 0 Å². The van der Waals surface area contributed by atoms with Crippen molar-refractivity contribution >= 4 is 45.7 Å². The molecule has 0 fully saturated rings. The molecule has 4 aromatic rings. The molecule has 1 aliphatic heterocycles. The molecular formula is C26H21ClN2O2. The average molecular weight is 429 g/mol. The SMILES string of the molecule is CN1C(=O)/C(=C/c2cn(CCOc3ccccc3Cl)c3ccccc23)c2ccccc21. The number of likely N-dealkylation sites (N-methyl/N-ethyl adjacent to an activating group) is 1. The number of anilines is 1. The summed E-state index contributed by atoms with van der Waals surface area (Å²) in [4.78, 5) is 14.6. The van der Waals surface area contributed by atoms with E-state index >= 15 is 0 Å². The van der Waals surface area contributed by atoms with Gasteiger partial charge in [-0.25, -0.2) is 0 Å². The Morgan fingerprint density at radius 1 is 0.968 bits per heavy atom. The molecule has 1 aromatic heterocycles. The van der Waals surface area contributed by atoms with E-state index < -0.39 is 0 Å². The molecule has 0 spiro atoms. The maximum Gasteiger partial charge on any atom is 0.258 e. The van der Waals surface area contributed by atoms with Gasteiger partial charge in [-0.2, -0.15) is 0 Å². The summed E-state index contributed by atoms with van der Waals surface area (Å²) in [6.45, 7) is 1.16. The number of hydrogen-bond acceptors (Lipinski definition) is 2. The Hall–Kier alpha value is -3.50. The average Bonchev–Trinajstić information content (AvgIpc) is 3.26. The summed E-state index contributed by atoms with van der Waals surface area (Å²) in [5.74, 6) is 0.694. The Bertz CT molecular complexity index is 1320. The summed E-state index contributed by atoms with van der Waals surface area (Å²) in [6.07, 6.45) is 4.08. The largest absolute Gasteiger partial charge is 0.490 e. The Labute approximate surface area is 185 Å². The first kappa shape index (κ1) is 19.5. The van der Waals surface area contributed by atoms with Crippen LogP contribution in [0.5, 0.6) is 5.75 Å². The molecule has 0 radical (unpaired) electrons. The van der Waals surface area contributed by atoms with Gasteiger partial charge in [0, 0.05) is 40.8 Å². The molecule has 0 saturated carbocycles. The number of para-hydroxylation sites is 3. The molecule has 31 heavy (non-hydrogen) atoms. The highest BCUT2D eigenvalue weighted by atomic mass is 35.5. The van der Waals surface area contributed by atoms with Gasteiger partial charge in [0.2, 0.25) is 0 Å². The van der Waals surface area contributed by atoms with Crippen LogP contribution >= 0.6 is 11.6 Å². The van der Waals surface area contributed by atoms with E-state index in [2.05, 4.69) is 22.9 Å². The number of nitrogens with zero attached hydrogens (tertiary/aromatic N) is 2.